The zero-order valence-electron chi connectivity index (χ0n) is 9.86. The summed E-state index contributed by atoms with van der Waals surface area (Å²) in [6, 6.07) is 11.4. The highest BCUT2D eigenvalue weighted by atomic mass is 16.5. The second-order valence-electron chi connectivity index (χ2n) is 3.98. The standard InChI is InChI=1S/C13H21NO/c1-11(9-10-15-3)14-12(2)13-7-5-4-6-8-13/h4-8,11-12,14H,9-10H2,1-3H3/t11?,12-/m0/s1. The molecule has 2 atom stereocenters. The van der Waals surface area contributed by atoms with E-state index in [-0.39, 0.29) is 0 Å². The van der Waals surface area contributed by atoms with Gasteiger partial charge in [-0.1, -0.05) is 30.3 Å². The van der Waals surface area contributed by atoms with Crippen LogP contribution in [0.25, 0.3) is 0 Å². The molecule has 15 heavy (non-hydrogen) atoms. The van der Waals surface area contributed by atoms with Crippen molar-refractivity contribution in [2.24, 2.45) is 0 Å². The van der Waals surface area contributed by atoms with Gasteiger partial charge in [-0.2, -0.15) is 0 Å². The maximum absolute atomic E-state index is 5.06. The Morgan fingerprint density at radius 3 is 2.47 bits per heavy atom. The number of ether oxygens (including phenoxy) is 1. The molecule has 0 amide bonds. The van der Waals surface area contributed by atoms with Crippen LogP contribution < -0.4 is 5.32 Å². The van der Waals surface area contributed by atoms with Gasteiger partial charge in [0.25, 0.3) is 0 Å². The first kappa shape index (κ1) is 12.2. The Labute approximate surface area is 92.6 Å². The summed E-state index contributed by atoms with van der Waals surface area (Å²) in [5.41, 5.74) is 1.33. The van der Waals surface area contributed by atoms with E-state index in [4.69, 9.17) is 4.74 Å². The quantitative estimate of drug-likeness (QED) is 0.774. The van der Waals surface area contributed by atoms with Crippen molar-refractivity contribution in [1.82, 2.24) is 5.32 Å². The van der Waals surface area contributed by atoms with E-state index in [2.05, 4.69) is 43.4 Å². The summed E-state index contributed by atoms with van der Waals surface area (Å²) < 4.78 is 5.06. The summed E-state index contributed by atoms with van der Waals surface area (Å²) in [6.07, 6.45) is 1.05. The zero-order valence-corrected chi connectivity index (χ0v) is 9.86. The molecule has 0 aliphatic rings. The van der Waals surface area contributed by atoms with E-state index < -0.39 is 0 Å². The normalized spacial score (nSPS) is 14.9. The topological polar surface area (TPSA) is 21.3 Å². The van der Waals surface area contributed by atoms with Gasteiger partial charge in [-0.05, 0) is 25.8 Å². The second kappa shape index (κ2) is 6.59. The maximum Gasteiger partial charge on any atom is 0.0476 e. The van der Waals surface area contributed by atoms with Crippen LogP contribution in [-0.4, -0.2) is 19.8 Å². The molecule has 1 aromatic rings. The summed E-state index contributed by atoms with van der Waals surface area (Å²) in [5, 5.41) is 3.55. The van der Waals surface area contributed by atoms with Crippen molar-refractivity contribution in [2.75, 3.05) is 13.7 Å². The molecule has 0 aromatic heterocycles. The van der Waals surface area contributed by atoms with Crippen molar-refractivity contribution >= 4 is 0 Å². The van der Waals surface area contributed by atoms with Gasteiger partial charge in [0.1, 0.15) is 0 Å². The third-order valence-corrected chi connectivity index (χ3v) is 2.59. The van der Waals surface area contributed by atoms with Gasteiger partial charge >= 0.3 is 0 Å². The number of rotatable bonds is 6. The van der Waals surface area contributed by atoms with Gasteiger partial charge in [-0.25, -0.2) is 0 Å². The minimum atomic E-state index is 0.401. The molecular weight excluding hydrogens is 186 g/mol. The fourth-order valence-corrected chi connectivity index (χ4v) is 1.64. The van der Waals surface area contributed by atoms with Crippen molar-refractivity contribution in [1.29, 1.82) is 0 Å². The van der Waals surface area contributed by atoms with Gasteiger partial charge in [-0.3, -0.25) is 0 Å². The highest BCUT2D eigenvalue weighted by molar-refractivity contribution is 5.18. The molecule has 0 bridgehead atoms. The lowest BCUT2D eigenvalue weighted by atomic mass is 10.1. The number of methoxy groups -OCH3 is 1. The highest BCUT2D eigenvalue weighted by Gasteiger charge is 2.08. The van der Waals surface area contributed by atoms with Crippen molar-refractivity contribution in [2.45, 2.75) is 32.4 Å². The van der Waals surface area contributed by atoms with Gasteiger partial charge in [0, 0.05) is 25.8 Å². The Bertz CT molecular complexity index is 260. The molecule has 0 fully saturated rings. The van der Waals surface area contributed by atoms with E-state index in [1.807, 2.05) is 6.07 Å². The highest BCUT2D eigenvalue weighted by Crippen LogP contribution is 2.12. The van der Waals surface area contributed by atoms with Gasteiger partial charge in [0.05, 0.1) is 0 Å². The average Bonchev–Trinajstić information content (AvgIpc) is 2.27. The monoisotopic (exact) mass is 207 g/mol. The van der Waals surface area contributed by atoms with Crippen molar-refractivity contribution in [3.8, 4) is 0 Å². The van der Waals surface area contributed by atoms with Crippen LogP contribution in [0.1, 0.15) is 31.9 Å². The van der Waals surface area contributed by atoms with Crippen LogP contribution in [0.4, 0.5) is 0 Å². The molecule has 84 valence electrons. The summed E-state index contributed by atoms with van der Waals surface area (Å²) in [7, 11) is 1.74. The third-order valence-electron chi connectivity index (χ3n) is 2.59. The Kier molecular flexibility index (Phi) is 5.37. The van der Waals surface area contributed by atoms with Crippen LogP contribution in [0.5, 0.6) is 0 Å². The molecule has 1 rings (SSSR count). The second-order valence-corrected chi connectivity index (χ2v) is 3.98. The van der Waals surface area contributed by atoms with Crippen LogP contribution in [-0.2, 0) is 4.74 Å². The van der Waals surface area contributed by atoms with Gasteiger partial charge in [0.15, 0.2) is 0 Å². The molecule has 0 aliphatic carbocycles. The van der Waals surface area contributed by atoms with E-state index >= 15 is 0 Å². The summed E-state index contributed by atoms with van der Waals surface area (Å²) in [4.78, 5) is 0. The lowest BCUT2D eigenvalue weighted by molar-refractivity contribution is 0.183. The minimum absolute atomic E-state index is 0.401. The van der Waals surface area contributed by atoms with Gasteiger partial charge in [0.2, 0.25) is 0 Å². The van der Waals surface area contributed by atoms with Crippen LogP contribution in [0.15, 0.2) is 30.3 Å². The van der Waals surface area contributed by atoms with E-state index in [9.17, 15) is 0 Å². The zero-order chi connectivity index (χ0) is 11.1. The van der Waals surface area contributed by atoms with Crippen molar-refractivity contribution in [3.63, 3.8) is 0 Å². The van der Waals surface area contributed by atoms with Gasteiger partial charge in [-0.15, -0.1) is 0 Å². The Hall–Kier alpha value is -0.860. The number of nitrogens with one attached hydrogen (secondary N) is 1. The minimum Gasteiger partial charge on any atom is -0.385 e. The van der Waals surface area contributed by atoms with Gasteiger partial charge < -0.3 is 10.1 Å². The summed E-state index contributed by atoms with van der Waals surface area (Å²) in [6.45, 7) is 5.20. The van der Waals surface area contributed by atoms with Crippen LogP contribution in [0.3, 0.4) is 0 Å². The molecule has 0 radical (unpaired) electrons. The molecule has 0 heterocycles. The number of hydrogen-bond donors (Lipinski definition) is 1. The van der Waals surface area contributed by atoms with E-state index in [1.165, 1.54) is 5.56 Å². The molecule has 0 spiro atoms. The van der Waals surface area contributed by atoms with Crippen molar-refractivity contribution in [3.05, 3.63) is 35.9 Å². The third kappa shape index (κ3) is 4.45. The molecule has 1 aromatic carbocycles. The van der Waals surface area contributed by atoms with Crippen LogP contribution >= 0.6 is 0 Å². The number of benzene rings is 1. The molecule has 0 saturated carbocycles. The molecule has 1 N–H and O–H groups in total. The smallest absolute Gasteiger partial charge is 0.0476 e. The molecule has 0 saturated heterocycles. The van der Waals surface area contributed by atoms with Crippen LogP contribution in [0.2, 0.25) is 0 Å². The largest absolute Gasteiger partial charge is 0.385 e. The first-order valence-electron chi connectivity index (χ1n) is 5.54. The Morgan fingerprint density at radius 1 is 1.20 bits per heavy atom. The Morgan fingerprint density at radius 2 is 1.87 bits per heavy atom. The lowest BCUT2D eigenvalue weighted by Crippen LogP contribution is -2.29. The van der Waals surface area contributed by atoms with E-state index in [0.717, 1.165) is 13.0 Å². The SMILES string of the molecule is COCCC(C)N[C@@H](C)c1ccccc1. The summed E-state index contributed by atoms with van der Waals surface area (Å²) in [5.74, 6) is 0. The Balaban J connectivity index is 2.38. The maximum atomic E-state index is 5.06. The number of hydrogen-bond acceptors (Lipinski definition) is 2. The first-order chi connectivity index (χ1) is 7.24. The molecule has 0 aliphatic heterocycles. The average molecular weight is 207 g/mol. The fraction of sp³-hybridized carbons (Fsp3) is 0.538. The van der Waals surface area contributed by atoms with Crippen LogP contribution in [0, 0.1) is 0 Å². The molecule has 2 heteroatoms. The molecule has 1 unspecified atom stereocenters. The first-order valence-corrected chi connectivity index (χ1v) is 5.54. The van der Waals surface area contributed by atoms with E-state index in [0.29, 0.717) is 12.1 Å². The summed E-state index contributed by atoms with van der Waals surface area (Å²) >= 11 is 0. The lowest BCUT2D eigenvalue weighted by Gasteiger charge is -2.20. The fourth-order valence-electron chi connectivity index (χ4n) is 1.64. The van der Waals surface area contributed by atoms with E-state index in [1.54, 1.807) is 7.11 Å². The predicted molar refractivity (Wildman–Crippen MR) is 63.9 cm³/mol. The molecular formula is C13H21NO. The molecule has 2 nitrogen and oxygen atoms in total. The van der Waals surface area contributed by atoms with Crippen molar-refractivity contribution < 1.29 is 4.74 Å². The predicted octanol–water partition coefficient (Wildman–Crippen LogP) is 2.76.